The number of hydrogen-bond donors (Lipinski definition) is 2. The molecule has 0 aliphatic carbocycles. The van der Waals surface area contributed by atoms with Gasteiger partial charge in [-0.2, -0.15) is 0 Å². The van der Waals surface area contributed by atoms with Crippen molar-refractivity contribution >= 4 is 5.97 Å². The van der Waals surface area contributed by atoms with E-state index >= 15 is 0 Å². The number of nitrogens with two attached hydrogens (primary N) is 2. The Morgan fingerprint density at radius 1 is 1.67 bits per heavy atom. The van der Waals surface area contributed by atoms with E-state index in [4.69, 9.17) is 11.5 Å². The molecule has 0 unspecified atom stereocenters. The van der Waals surface area contributed by atoms with Gasteiger partial charge in [0.15, 0.2) is 0 Å². The Morgan fingerprint density at radius 3 is 2.22 bits per heavy atom. The van der Waals surface area contributed by atoms with Gasteiger partial charge in [0, 0.05) is 0 Å². The first-order valence-electron chi connectivity index (χ1n) is 2.05. The van der Waals surface area contributed by atoms with Crippen molar-refractivity contribution in [2.24, 2.45) is 16.6 Å². The molecule has 0 saturated carbocycles. The number of carbonyl (C=O) groups excluding carboxylic acids is 1. The third-order valence-corrected chi connectivity index (χ3v) is 0.663. The molecule has 0 fully saturated rings. The summed E-state index contributed by atoms with van der Waals surface area (Å²) in [6.45, 7) is 0. The zero-order valence-electron chi connectivity index (χ0n) is 4.83. The zero-order valence-corrected chi connectivity index (χ0v) is 4.83. The highest BCUT2D eigenvalue weighted by Crippen LogP contribution is 1.93. The maximum Gasteiger partial charge on any atom is 0.368 e. The molecule has 4 N–H and O–H groups in total. The van der Waals surface area contributed by atoms with Crippen LogP contribution in [0.15, 0.2) is 5.18 Å². The summed E-state index contributed by atoms with van der Waals surface area (Å²) in [4.78, 5) is 19.9. The first-order chi connectivity index (χ1) is 4.04. The average Bonchev–Trinajstić information content (AvgIpc) is 1.86. The fourth-order valence-electron chi connectivity index (χ4n) is 0.201. The fourth-order valence-corrected chi connectivity index (χ4v) is 0.201. The summed E-state index contributed by atoms with van der Waals surface area (Å²) in [5.41, 5.74) is 9.59. The average molecular weight is 133 g/mol. The van der Waals surface area contributed by atoms with Crippen LogP contribution in [-0.4, -0.2) is 18.9 Å². The van der Waals surface area contributed by atoms with Gasteiger partial charge in [-0.1, -0.05) is 0 Å². The predicted molar refractivity (Wildman–Crippen MR) is 28.9 cm³/mol. The molecule has 0 heterocycles. The first kappa shape index (κ1) is 7.99. The third-order valence-electron chi connectivity index (χ3n) is 0.663. The molecule has 0 rings (SSSR count). The van der Waals surface area contributed by atoms with E-state index in [1.165, 1.54) is 0 Å². The SMILES string of the molecule is COC(=O)C(N)(N)N=O. The molecule has 0 aromatic rings. The van der Waals surface area contributed by atoms with Gasteiger partial charge < -0.3 is 4.74 Å². The Hall–Kier alpha value is -1.01. The lowest BCUT2D eigenvalue weighted by atomic mass is 10.4. The Balaban J connectivity index is 4.14. The quantitative estimate of drug-likeness (QED) is 0.270. The summed E-state index contributed by atoms with van der Waals surface area (Å²) in [5, 5.41) is 2.12. The number of carbonyl (C=O) groups is 1. The molecule has 6 heteroatoms. The number of rotatable bonds is 2. The monoisotopic (exact) mass is 133 g/mol. The van der Waals surface area contributed by atoms with Crippen LogP contribution in [0.5, 0.6) is 0 Å². The van der Waals surface area contributed by atoms with Gasteiger partial charge in [-0.15, -0.1) is 4.91 Å². The minimum absolute atomic E-state index is 1.06. The topological polar surface area (TPSA) is 108 Å². The number of esters is 1. The highest BCUT2D eigenvalue weighted by molar-refractivity contribution is 5.79. The van der Waals surface area contributed by atoms with Gasteiger partial charge in [0.1, 0.15) is 0 Å². The standard InChI is InChI=1S/C3H7N3O3/c1-9-2(7)3(4,5)6-8/h4-5H2,1H3. The summed E-state index contributed by atoms with van der Waals surface area (Å²) in [6, 6.07) is 0. The molecule has 0 aromatic heterocycles. The smallest absolute Gasteiger partial charge is 0.368 e. The zero-order chi connectivity index (χ0) is 7.49. The Labute approximate surface area is 51.1 Å². The molecule has 0 saturated heterocycles. The predicted octanol–water partition coefficient (Wildman–Crippen LogP) is -1.50. The van der Waals surface area contributed by atoms with Gasteiger partial charge in [-0.05, 0) is 5.18 Å². The molecular formula is C3H7N3O3. The second-order valence-electron chi connectivity index (χ2n) is 1.41. The summed E-state index contributed by atoms with van der Waals surface area (Å²) in [7, 11) is 1.06. The number of nitrogens with zero attached hydrogens (tertiary/aromatic N) is 1. The third kappa shape index (κ3) is 1.74. The molecule has 9 heavy (non-hydrogen) atoms. The van der Waals surface area contributed by atoms with Gasteiger partial charge in [-0.3, -0.25) is 11.5 Å². The van der Waals surface area contributed by atoms with E-state index in [-0.39, 0.29) is 0 Å². The largest absolute Gasteiger partial charge is 0.465 e. The summed E-state index contributed by atoms with van der Waals surface area (Å²) in [5.74, 6) is -3.30. The van der Waals surface area contributed by atoms with E-state index < -0.39 is 11.8 Å². The summed E-state index contributed by atoms with van der Waals surface area (Å²) >= 11 is 0. The molecule has 0 aliphatic heterocycles. The second kappa shape index (κ2) is 2.51. The number of hydrogen-bond acceptors (Lipinski definition) is 6. The van der Waals surface area contributed by atoms with Crippen molar-refractivity contribution in [2.75, 3.05) is 7.11 Å². The number of ether oxygens (including phenoxy) is 1. The van der Waals surface area contributed by atoms with Crippen molar-refractivity contribution < 1.29 is 9.53 Å². The molecule has 0 bridgehead atoms. The fraction of sp³-hybridized carbons (Fsp3) is 0.667. The Kier molecular flexibility index (Phi) is 2.23. The maximum absolute atomic E-state index is 10.3. The van der Waals surface area contributed by atoms with E-state index in [1.807, 2.05) is 0 Å². The van der Waals surface area contributed by atoms with E-state index in [9.17, 15) is 9.70 Å². The molecule has 52 valence electrons. The van der Waals surface area contributed by atoms with Gasteiger partial charge in [0.2, 0.25) is 0 Å². The van der Waals surface area contributed by atoms with Crippen LogP contribution in [0, 0.1) is 4.91 Å². The molecule has 0 aromatic carbocycles. The molecular weight excluding hydrogens is 126 g/mol. The molecule has 6 nitrogen and oxygen atoms in total. The van der Waals surface area contributed by atoms with Crippen LogP contribution in [0.25, 0.3) is 0 Å². The molecule has 0 atom stereocenters. The molecule has 0 amide bonds. The Bertz CT molecular complexity index is 132. The van der Waals surface area contributed by atoms with Crippen LogP contribution >= 0.6 is 0 Å². The second-order valence-corrected chi connectivity index (χ2v) is 1.41. The minimum Gasteiger partial charge on any atom is -0.465 e. The first-order valence-corrected chi connectivity index (χ1v) is 2.05. The molecule has 0 aliphatic rings. The van der Waals surface area contributed by atoms with Crippen LogP contribution in [0.2, 0.25) is 0 Å². The van der Waals surface area contributed by atoms with Gasteiger partial charge in [-0.25, -0.2) is 4.79 Å². The lowest BCUT2D eigenvalue weighted by molar-refractivity contribution is -0.146. The van der Waals surface area contributed by atoms with Gasteiger partial charge in [0.25, 0.3) is 5.79 Å². The molecule has 0 radical (unpaired) electrons. The lowest BCUT2D eigenvalue weighted by Gasteiger charge is -2.10. The maximum atomic E-state index is 10.3. The van der Waals surface area contributed by atoms with Gasteiger partial charge in [0.05, 0.1) is 7.11 Å². The van der Waals surface area contributed by atoms with E-state index in [0.717, 1.165) is 7.11 Å². The number of methoxy groups -OCH3 is 1. The van der Waals surface area contributed by atoms with Crippen LogP contribution in [-0.2, 0) is 9.53 Å². The van der Waals surface area contributed by atoms with E-state index in [0.29, 0.717) is 0 Å². The van der Waals surface area contributed by atoms with Crippen LogP contribution in [0.4, 0.5) is 0 Å². The Morgan fingerprint density at radius 2 is 2.11 bits per heavy atom. The van der Waals surface area contributed by atoms with Crippen LogP contribution in [0.3, 0.4) is 0 Å². The molecule has 0 spiro atoms. The van der Waals surface area contributed by atoms with Crippen molar-refractivity contribution in [2.45, 2.75) is 5.79 Å². The summed E-state index contributed by atoms with van der Waals surface area (Å²) < 4.78 is 4.02. The van der Waals surface area contributed by atoms with Crippen molar-refractivity contribution in [3.8, 4) is 0 Å². The summed E-state index contributed by atoms with van der Waals surface area (Å²) in [6.07, 6.45) is 0. The lowest BCUT2D eigenvalue weighted by Crippen LogP contribution is -2.54. The van der Waals surface area contributed by atoms with Crippen molar-refractivity contribution in [1.82, 2.24) is 0 Å². The van der Waals surface area contributed by atoms with Gasteiger partial charge >= 0.3 is 5.97 Å². The number of nitroso groups, excluding NO2 is 1. The van der Waals surface area contributed by atoms with Crippen molar-refractivity contribution in [1.29, 1.82) is 0 Å². The van der Waals surface area contributed by atoms with E-state index in [1.54, 1.807) is 0 Å². The van der Waals surface area contributed by atoms with Crippen molar-refractivity contribution in [3.63, 3.8) is 0 Å². The normalized spacial score (nSPS) is 10.6. The van der Waals surface area contributed by atoms with Crippen molar-refractivity contribution in [3.05, 3.63) is 4.91 Å². The van der Waals surface area contributed by atoms with E-state index in [2.05, 4.69) is 9.91 Å². The van der Waals surface area contributed by atoms with Crippen LogP contribution < -0.4 is 11.5 Å². The van der Waals surface area contributed by atoms with Crippen LogP contribution in [0.1, 0.15) is 0 Å². The highest BCUT2D eigenvalue weighted by atomic mass is 16.5. The highest BCUT2D eigenvalue weighted by Gasteiger charge is 2.31. The minimum atomic E-state index is -2.24.